The summed E-state index contributed by atoms with van der Waals surface area (Å²) in [4.78, 5) is 11.8. The van der Waals surface area contributed by atoms with Crippen molar-refractivity contribution in [3.63, 3.8) is 0 Å². The Bertz CT molecular complexity index is 1340. The first-order valence-electron chi connectivity index (χ1n) is 13.1. The van der Waals surface area contributed by atoms with Gasteiger partial charge in [0, 0.05) is 49.5 Å². The number of para-hydroxylation sites is 1. The molecule has 0 aliphatic carbocycles. The number of nitrogens with two attached hydrogens (primary N) is 1. The number of aryl methyl sites for hydroxylation is 1. The maximum absolute atomic E-state index is 11.8. The average molecular weight is 491 g/mol. The molecule has 188 valence electrons. The fourth-order valence-electron chi connectivity index (χ4n) is 4.36. The molecule has 3 aromatic carbocycles. The summed E-state index contributed by atoms with van der Waals surface area (Å²) in [7, 11) is 0. The Morgan fingerprint density at radius 1 is 0.703 bits per heavy atom. The second kappa shape index (κ2) is 13.9. The van der Waals surface area contributed by atoms with Crippen LogP contribution in [0.4, 0.5) is 0 Å². The second-order valence-electron chi connectivity index (χ2n) is 9.16. The summed E-state index contributed by atoms with van der Waals surface area (Å²) in [5.74, 6) is 0.0912. The van der Waals surface area contributed by atoms with Gasteiger partial charge in [-0.2, -0.15) is 4.57 Å². The molecule has 0 fully saturated rings. The predicted octanol–water partition coefficient (Wildman–Crippen LogP) is 6.10. The number of amides is 1. The number of carbonyl (C=O) groups is 1. The molecule has 1 amide bonds. The van der Waals surface area contributed by atoms with E-state index in [-0.39, 0.29) is 5.91 Å². The van der Waals surface area contributed by atoms with E-state index < -0.39 is 0 Å². The van der Waals surface area contributed by atoms with Crippen LogP contribution in [0, 0.1) is 0 Å². The standard InChI is InChI=1S/C33H35N3O/c34-24-25-35-33(37)13-5-2-8-26-36-31(23-21-30-11-6-7-12-32(30)36)22-20-29-18-16-28(17-19-29)15-14-27-9-3-1-4-10-27/h1,3-4,6-7,9-12,14-23H,2,5,8,13,24-26,34H2/p+1/b15-14+,22-20+. The first kappa shape index (κ1) is 26.1. The van der Waals surface area contributed by atoms with Gasteiger partial charge >= 0.3 is 0 Å². The molecule has 0 atom stereocenters. The van der Waals surface area contributed by atoms with E-state index in [2.05, 4.69) is 119 Å². The molecule has 0 bridgehead atoms. The lowest BCUT2D eigenvalue weighted by Crippen LogP contribution is -2.38. The minimum Gasteiger partial charge on any atom is -0.355 e. The molecular formula is C33H36N3O+. The molecule has 1 aromatic heterocycles. The Hall–Kier alpha value is -4.02. The van der Waals surface area contributed by atoms with Crippen LogP contribution >= 0.6 is 0 Å². The number of rotatable bonds is 12. The van der Waals surface area contributed by atoms with Crippen molar-refractivity contribution in [2.75, 3.05) is 13.1 Å². The number of unbranched alkanes of at least 4 members (excludes halogenated alkanes) is 2. The van der Waals surface area contributed by atoms with Crippen LogP contribution in [0.25, 0.3) is 35.2 Å². The molecule has 0 saturated heterocycles. The van der Waals surface area contributed by atoms with Crippen LogP contribution in [-0.4, -0.2) is 19.0 Å². The first-order chi connectivity index (χ1) is 18.2. The highest BCUT2D eigenvalue weighted by atomic mass is 16.1. The van der Waals surface area contributed by atoms with Crippen molar-refractivity contribution in [3.05, 3.63) is 113 Å². The number of fused-ring (bicyclic) bond motifs is 1. The largest absolute Gasteiger partial charge is 0.355 e. The van der Waals surface area contributed by atoms with Crippen molar-refractivity contribution in [1.82, 2.24) is 5.32 Å². The third-order valence-electron chi connectivity index (χ3n) is 6.38. The van der Waals surface area contributed by atoms with Crippen molar-refractivity contribution in [3.8, 4) is 0 Å². The SMILES string of the molecule is NCCNC(=O)CCCCC[n+]1c(/C=C/c2ccc(/C=C/c3ccccc3)cc2)ccc2ccccc21. The Kier molecular flexibility index (Phi) is 9.79. The van der Waals surface area contributed by atoms with E-state index in [1.54, 1.807) is 0 Å². The number of aromatic nitrogens is 1. The topological polar surface area (TPSA) is 59.0 Å². The van der Waals surface area contributed by atoms with E-state index in [4.69, 9.17) is 5.73 Å². The zero-order valence-electron chi connectivity index (χ0n) is 21.4. The first-order valence-corrected chi connectivity index (χ1v) is 13.1. The minimum absolute atomic E-state index is 0.0912. The van der Waals surface area contributed by atoms with Crippen molar-refractivity contribution in [2.45, 2.75) is 32.2 Å². The molecule has 4 aromatic rings. The van der Waals surface area contributed by atoms with Crippen LogP contribution in [0.5, 0.6) is 0 Å². The van der Waals surface area contributed by atoms with Crippen molar-refractivity contribution < 1.29 is 9.36 Å². The number of nitrogens with zero attached hydrogens (tertiary/aromatic N) is 1. The van der Waals surface area contributed by atoms with Crippen LogP contribution in [-0.2, 0) is 11.3 Å². The average Bonchev–Trinajstić information content (AvgIpc) is 2.95. The van der Waals surface area contributed by atoms with E-state index >= 15 is 0 Å². The Morgan fingerprint density at radius 3 is 2.08 bits per heavy atom. The van der Waals surface area contributed by atoms with E-state index in [1.807, 2.05) is 6.07 Å². The van der Waals surface area contributed by atoms with Gasteiger partial charge in [0.25, 0.3) is 0 Å². The highest BCUT2D eigenvalue weighted by molar-refractivity contribution is 5.78. The van der Waals surface area contributed by atoms with Gasteiger partial charge in [-0.25, -0.2) is 0 Å². The van der Waals surface area contributed by atoms with Crippen LogP contribution in [0.3, 0.4) is 0 Å². The summed E-state index contributed by atoms with van der Waals surface area (Å²) in [6.45, 7) is 1.94. The summed E-state index contributed by atoms with van der Waals surface area (Å²) in [5, 5.41) is 4.07. The van der Waals surface area contributed by atoms with Crippen LogP contribution in [0.2, 0.25) is 0 Å². The van der Waals surface area contributed by atoms with Crippen LogP contribution < -0.4 is 15.6 Å². The third kappa shape index (κ3) is 7.99. The molecule has 0 aliphatic rings. The van der Waals surface area contributed by atoms with Gasteiger partial charge in [0.2, 0.25) is 17.1 Å². The van der Waals surface area contributed by atoms with Crippen LogP contribution in [0.1, 0.15) is 48.1 Å². The summed E-state index contributed by atoms with van der Waals surface area (Å²) in [6, 6.07) is 31.8. The molecule has 4 nitrogen and oxygen atoms in total. The maximum atomic E-state index is 11.8. The third-order valence-corrected chi connectivity index (χ3v) is 6.38. The quantitative estimate of drug-likeness (QED) is 0.143. The van der Waals surface area contributed by atoms with Gasteiger partial charge < -0.3 is 11.1 Å². The number of benzene rings is 3. The molecule has 0 spiro atoms. The van der Waals surface area contributed by atoms with Gasteiger partial charge in [-0.15, -0.1) is 0 Å². The van der Waals surface area contributed by atoms with E-state index in [9.17, 15) is 4.79 Å². The van der Waals surface area contributed by atoms with Crippen LogP contribution in [0.15, 0.2) is 91.0 Å². The summed E-state index contributed by atoms with van der Waals surface area (Å²) in [5.41, 5.74) is 11.4. The van der Waals surface area contributed by atoms with Crippen molar-refractivity contribution >= 4 is 41.1 Å². The molecule has 0 radical (unpaired) electrons. The van der Waals surface area contributed by atoms with E-state index in [0.717, 1.165) is 25.8 Å². The number of carbonyl (C=O) groups excluding carboxylic acids is 1. The molecule has 0 unspecified atom stereocenters. The van der Waals surface area contributed by atoms with Gasteiger partial charge in [-0.05, 0) is 47.7 Å². The van der Waals surface area contributed by atoms with Gasteiger partial charge in [-0.1, -0.05) is 78.9 Å². The van der Waals surface area contributed by atoms with Crippen molar-refractivity contribution in [2.24, 2.45) is 5.73 Å². The van der Waals surface area contributed by atoms with E-state index in [1.165, 1.54) is 33.3 Å². The molecule has 0 saturated carbocycles. The number of nitrogens with one attached hydrogen (secondary N) is 1. The molecular weight excluding hydrogens is 454 g/mol. The van der Waals surface area contributed by atoms with Gasteiger partial charge in [0.05, 0.1) is 0 Å². The summed E-state index contributed by atoms with van der Waals surface area (Å²) < 4.78 is 2.39. The Labute approximate surface area is 220 Å². The van der Waals surface area contributed by atoms with Crippen molar-refractivity contribution in [1.29, 1.82) is 0 Å². The lowest BCUT2D eigenvalue weighted by molar-refractivity contribution is -0.673. The minimum atomic E-state index is 0.0912. The predicted molar refractivity (Wildman–Crippen MR) is 155 cm³/mol. The maximum Gasteiger partial charge on any atom is 0.220 e. The fraction of sp³-hybridized carbons (Fsp3) is 0.212. The Morgan fingerprint density at radius 2 is 1.35 bits per heavy atom. The van der Waals surface area contributed by atoms with Gasteiger partial charge in [0.15, 0.2) is 0 Å². The fourth-order valence-corrected chi connectivity index (χ4v) is 4.36. The molecule has 4 rings (SSSR count). The van der Waals surface area contributed by atoms with Gasteiger partial charge in [0.1, 0.15) is 6.54 Å². The highest BCUT2D eigenvalue weighted by Crippen LogP contribution is 2.15. The molecule has 37 heavy (non-hydrogen) atoms. The molecule has 4 heteroatoms. The van der Waals surface area contributed by atoms with E-state index in [0.29, 0.717) is 19.5 Å². The normalized spacial score (nSPS) is 11.5. The number of hydrogen-bond donors (Lipinski definition) is 2. The highest BCUT2D eigenvalue weighted by Gasteiger charge is 2.13. The lowest BCUT2D eigenvalue weighted by Gasteiger charge is -2.06. The zero-order valence-corrected chi connectivity index (χ0v) is 21.4. The lowest BCUT2D eigenvalue weighted by atomic mass is 10.1. The summed E-state index contributed by atoms with van der Waals surface area (Å²) >= 11 is 0. The number of pyridine rings is 1. The Balaban J connectivity index is 1.42. The monoisotopic (exact) mass is 490 g/mol. The van der Waals surface area contributed by atoms with Gasteiger partial charge in [-0.3, -0.25) is 4.79 Å². The smallest absolute Gasteiger partial charge is 0.220 e. The molecule has 3 N–H and O–H groups in total. The summed E-state index contributed by atoms with van der Waals surface area (Å²) in [6.07, 6.45) is 12.1. The molecule has 1 heterocycles. The zero-order chi connectivity index (χ0) is 25.7. The number of hydrogen-bond acceptors (Lipinski definition) is 2. The molecule has 0 aliphatic heterocycles. The second-order valence-corrected chi connectivity index (χ2v) is 9.16.